The van der Waals surface area contributed by atoms with Crippen molar-refractivity contribution in [3.8, 4) is 27.5 Å². The van der Waals surface area contributed by atoms with Crippen LogP contribution in [0.15, 0.2) is 257 Å². The van der Waals surface area contributed by atoms with Gasteiger partial charge in [-0.25, -0.2) is 9.67 Å². The Balaban J connectivity index is 0.000000148. The molecule has 2 unspecified atom stereocenters. The number of benzene rings is 9. The monoisotopic (exact) mass is 1540 g/mol. The summed E-state index contributed by atoms with van der Waals surface area (Å²) in [4.78, 5) is 15.8. The van der Waals surface area contributed by atoms with Crippen molar-refractivity contribution in [3.05, 3.63) is 297 Å². The predicted molar refractivity (Wildman–Crippen MR) is 482 cm³/mol. The quantitative estimate of drug-likeness (QED) is 0.171. The predicted octanol–water partition coefficient (Wildman–Crippen LogP) is 28.9. The molecule has 0 aliphatic carbocycles. The Kier molecular flexibility index (Phi) is 28.3. The third-order valence-electron chi connectivity index (χ3n) is 18.8. The maximum atomic E-state index is 5.97. The molecular weight excluding hydrogens is 1430 g/mol. The number of halogens is 1. The lowest BCUT2D eigenvalue weighted by molar-refractivity contribution is 0.349. The minimum Gasteiger partial charge on any atom is -0.356 e. The fourth-order valence-corrected chi connectivity index (χ4v) is 17.1. The smallest absolute Gasteiger partial charge is 0.167 e. The Morgan fingerprint density at radius 1 is 0.440 bits per heavy atom. The largest absolute Gasteiger partial charge is 0.356 e. The van der Waals surface area contributed by atoms with E-state index in [9.17, 15) is 0 Å². The van der Waals surface area contributed by atoms with Gasteiger partial charge in [-0.3, -0.25) is 9.98 Å². The number of aryl methyl sites for hydroxylation is 2. The molecule has 12 heteroatoms. The van der Waals surface area contributed by atoms with Crippen LogP contribution in [0.25, 0.3) is 59.3 Å². The summed E-state index contributed by atoms with van der Waals surface area (Å²) < 4.78 is 8.50. The summed E-state index contributed by atoms with van der Waals surface area (Å²) in [5, 5.41) is 20.6. The molecule has 2 atom stereocenters. The molecular formula is C97H115ClN6OS4. The van der Waals surface area contributed by atoms with Gasteiger partial charge < -0.3 is 4.52 Å². The minimum absolute atomic E-state index is 0.0237. The van der Waals surface area contributed by atoms with Gasteiger partial charge in [0.05, 0.1) is 54.8 Å². The van der Waals surface area contributed by atoms with Gasteiger partial charge in [-0.1, -0.05) is 356 Å². The van der Waals surface area contributed by atoms with Crippen LogP contribution < -0.4 is 0 Å². The third kappa shape index (κ3) is 23.7. The van der Waals surface area contributed by atoms with Gasteiger partial charge in [0.2, 0.25) is 0 Å². The van der Waals surface area contributed by atoms with Crippen LogP contribution in [-0.4, -0.2) is 53.6 Å². The van der Waals surface area contributed by atoms with Gasteiger partial charge in [0.25, 0.3) is 0 Å². The number of para-hydroxylation sites is 1. The molecule has 13 aromatic rings. The molecule has 0 N–H and O–H groups in total. The van der Waals surface area contributed by atoms with Crippen molar-refractivity contribution < 1.29 is 4.52 Å². The number of thioether (sulfide) groups is 2. The number of fused-ring (bicyclic) bond motifs is 3. The van der Waals surface area contributed by atoms with E-state index >= 15 is 0 Å². The molecule has 0 amide bonds. The van der Waals surface area contributed by atoms with Gasteiger partial charge in [-0.2, -0.15) is 5.10 Å². The van der Waals surface area contributed by atoms with Gasteiger partial charge in [0.15, 0.2) is 5.58 Å². The van der Waals surface area contributed by atoms with Crippen molar-refractivity contribution in [2.24, 2.45) is 20.8 Å². The molecule has 0 saturated carbocycles. The molecule has 0 saturated heterocycles. The van der Waals surface area contributed by atoms with Crippen molar-refractivity contribution in [2.75, 3.05) is 11.5 Å². The highest BCUT2D eigenvalue weighted by Gasteiger charge is 2.32. The fourth-order valence-electron chi connectivity index (χ4n) is 12.1. The highest BCUT2D eigenvalue weighted by molar-refractivity contribution is 8.15. The summed E-state index contributed by atoms with van der Waals surface area (Å²) in [5.41, 5.74) is 16.7. The topological polar surface area (TPSA) is 81.5 Å². The van der Waals surface area contributed by atoms with Gasteiger partial charge in [0, 0.05) is 71.3 Å². The van der Waals surface area contributed by atoms with Crippen LogP contribution in [0.2, 0.25) is 5.02 Å². The summed E-state index contributed by atoms with van der Waals surface area (Å²) in [7, 11) is 0. The Hall–Kier alpha value is -8.16. The molecule has 15 rings (SSSR count). The molecule has 0 radical (unpaired) electrons. The van der Waals surface area contributed by atoms with Crippen LogP contribution in [0.4, 0.5) is 0 Å². The number of thiazole rings is 1. The zero-order chi connectivity index (χ0) is 79.3. The van der Waals surface area contributed by atoms with E-state index in [0.29, 0.717) is 17.5 Å². The van der Waals surface area contributed by atoms with Gasteiger partial charge >= 0.3 is 0 Å². The number of rotatable bonds is 5. The highest BCUT2D eigenvalue weighted by Crippen LogP contribution is 2.41. The normalized spacial score (nSPS) is 14.6. The van der Waals surface area contributed by atoms with E-state index in [1.54, 1.807) is 11.3 Å². The molecule has 2 aliphatic heterocycles. The fraction of sp³-hybridized carbons (Fsp3) is 0.351. The van der Waals surface area contributed by atoms with Crippen LogP contribution >= 0.6 is 57.8 Å². The van der Waals surface area contributed by atoms with E-state index < -0.39 is 0 Å². The summed E-state index contributed by atoms with van der Waals surface area (Å²) in [6.45, 7) is 51.0. The molecule has 0 spiro atoms. The molecule has 2 aliphatic rings. The summed E-state index contributed by atoms with van der Waals surface area (Å²) in [5.74, 6) is 2.24. The first-order valence-corrected chi connectivity index (χ1v) is 42.1. The number of aromatic nitrogens is 4. The second-order valence-corrected chi connectivity index (χ2v) is 39.8. The summed E-state index contributed by atoms with van der Waals surface area (Å²) >= 11 is 13.4. The molecule has 570 valence electrons. The zero-order valence-corrected chi connectivity index (χ0v) is 72.8. The van der Waals surface area contributed by atoms with E-state index in [1.165, 1.54) is 79.8 Å². The maximum Gasteiger partial charge on any atom is 0.167 e. The van der Waals surface area contributed by atoms with Crippen molar-refractivity contribution in [1.29, 1.82) is 0 Å². The SMILES string of the molecule is CC(C)(C)C1CSC(c2ccccc2)=N1.CC(C)(C)c1cccc2ccccc12.CC(C)(C)c1ccccc1.CC(C)(C)c1cn(-c2ccc(Cl)cc2)nc1-c1ccccc1.CC(C)(C)c1noc2ccccc12.Cc1c(-c2csc(C(C)(C)C)n2)sc2ccccc12.Cc1ccc(C2=NC(C(C)(C)C)CS2)cc1. The van der Waals surface area contributed by atoms with Crippen LogP contribution in [0, 0.1) is 24.7 Å². The Labute approximate surface area is 674 Å². The molecule has 109 heavy (non-hydrogen) atoms. The maximum absolute atomic E-state index is 5.97. The van der Waals surface area contributed by atoms with Gasteiger partial charge in [0.1, 0.15) is 0 Å². The summed E-state index contributed by atoms with van der Waals surface area (Å²) in [6, 6.07) is 80.3. The molecule has 6 heterocycles. The average molecular weight is 1540 g/mol. The van der Waals surface area contributed by atoms with E-state index in [4.69, 9.17) is 36.2 Å². The molecule has 7 nitrogen and oxygen atoms in total. The van der Waals surface area contributed by atoms with Crippen LogP contribution in [0.3, 0.4) is 0 Å². The van der Waals surface area contributed by atoms with Crippen molar-refractivity contribution in [2.45, 2.75) is 198 Å². The Morgan fingerprint density at radius 3 is 1.42 bits per heavy atom. The standard InChI is InChI=1S/C19H19ClN2.C16H17NS2.C14H19NS.C14H16.C13H17NS.C11H13NO.C10H14/c1-19(2,3)17-13-22(16-11-9-15(20)10-12-16)21-18(17)14-7-5-4-6-8-14;1-10-11-7-5-6-8-13(11)19-14(10)12-9-18-15(17-12)16(2,3)4;1-10-5-7-11(8-6-10)13-15-12(9-16-13)14(2,3)4;1-14(2,3)13-10-6-8-11-7-4-5-9-12(11)13;1-13(2,3)11-9-15-12(14-11)10-7-5-4-6-8-10;1-11(2,3)10-8-6-4-5-7-9(8)13-12-10;1-10(2,3)9-7-5-4-6-8-9/h4-13H,1-3H3;5-9H,1-4H3;5-8,12H,9H2,1-4H3;4-10H,1-3H3;4-8,11H,9H2,1-3H3;4-7H,1-3H3;4-8H,1-3H3. The van der Waals surface area contributed by atoms with Gasteiger partial charge in [-0.05, 0) is 116 Å². The Morgan fingerprint density at radius 2 is 0.927 bits per heavy atom. The second kappa shape index (κ2) is 36.3. The third-order valence-corrected chi connectivity index (χ3v) is 23.8. The number of aliphatic imine (C=N–C) groups is 2. The van der Waals surface area contributed by atoms with Crippen LogP contribution in [-0.2, 0) is 27.1 Å². The van der Waals surface area contributed by atoms with Crippen molar-refractivity contribution in [1.82, 2.24) is 19.9 Å². The van der Waals surface area contributed by atoms with Crippen LogP contribution in [0.5, 0.6) is 0 Å². The van der Waals surface area contributed by atoms with Crippen molar-refractivity contribution in [3.63, 3.8) is 0 Å². The van der Waals surface area contributed by atoms with E-state index in [0.717, 1.165) is 55.8 Å². The minimum atomic E-state index is 0.0237. The lowest BCUT2D eigenvalue weighted by Crippen LogP contribution is -2.24. The lowest BCUT2D eigenvalue weighted by Gasteiger charge is -2.23. The van der Waals surface area contributed by atoms with E-state index in [2.05, 4.69) is 334 Å². The Bertz CT molecular complexity index is 5090. The second-order valence-electron chi connectivity index (χ2n) is 35.4. The molecule has 4 aromatic heterocycles. The molecule has 0 fully saturated rings. The summed E-state index contributed by atoms with van der Waals surface area (Å²) in [6.07, 6.45) is 2.12. The first-order chi connectivity index (χ1) is 51.2. The number of thiophene rings is 1. The number of hydrogen-bond acceptors (Lipinski definition) is 10. The zero-order valence-electron chi connectivity index (χ0n) is 68.8. The first-order valence-electron chi connectivity index (χ1n) is 38.0. The van der Waals surface area contributed by atoms with E-state index in [1.807, 2.05) is 112 Å². The number of nitrogens with zero attached hydrogens (tertiary/aromatic N) is 6. The number of hydrogen-bond donors (Lipinski definition) is 0. The van der Waals surface area contributed by atoms with E-state index in [-0.39, 0.29) is 32.5 Å². The molecule has 0 bridgehead atoms. The van der Waals surface area contributed by atoms with Crippen molar-refractivity contribution >= 4 is 99.7 Å². The van der Waals surface area contributed by atoms with Gasteiger partial charge in [-0.15, -0.1) is 46.2 Å². The average Bonchev–Trinajstić information content (AvgIpc) is 1.67. The van der Waals surface area contributed by atoms with Crippen LogP contribution in [0.1, 0.15) is 195 Å². The lowest BCUT2D eigenvalue weighted by atomic mass is 9.84. The highest BCUT2D eigenvalue weighted by atomic mass is 35.5. The molecule has 9 aromatic carbocycles. The first kappa shape index (κ1) is 84.9.